The van der Waals surface area contributed by atoms with E-state index in [2.05, 4.69) is 10.2 Å². The maximum absolute atomic E-state index is 13.3. The lowest BCUT2D eigenvalue weighted by atomic mass is 9.93. The lowest BCUT2D eigenvalue weighted by molar-refractivity contribution is -0.135. The van der Waals surface area contributed by atoms with E-state index in [1.807, 2.05) is 35.2 Å². The third kappa shape index (κ3) is 6.28. The first-order valence-electron chi connectivity index (χ1n) is 11.6. The monoisotopic (exact) mass is 477 g/mol. The number of hydrogen-bond acceptors (Lipinski definition) is 5. The summed E-state index contributed by atoms with van der Waals surface area (Å²) < 4.78 is 5.37. The summed E-state index contributed by atoms with van der Waals surface area (Å²) in [7, 11) is 0. The van der Waals surface area contributed by atoms with Gasteiger partial charge in [-0.05, 0) is 49.6 Å². The molecule has 2 unspecified atom stereocenters. The highest BCUT2D eigenvalue weighted by Gasteiger charge is 2.41. The molecule has 0 spiro atoms. The third-order valence-corrected chi connectivity index (χ3v) is 7.99. The van der Waals surface area contributed by atoms with Crippen molar-refractivity contribution in [1.29, 1.82) is 0 Å². The van der Waals surface area contributed by atoms with E-state index in [0.717, 1.165) is 64.1 Å². The molecule has 1 aliphatic carbocycles. The molecule has 3 fully saturated rings. The van der Waals surface area contributed by atoms with Crippen LogP contribution >= 0.6 is 23.4 Å². The van der Waals surface area contributed by atoms with Gasteiger partial charge in [0.25, 0.3) is 5.91 Å². The van der Waals surface area contributed by atoms with E-state index >= 15 is 0 Å². The Labute approximate surface area is 199 Å². The van der Waals surface area contributed by atoms with Crippen molar-refractivity contribution in [1.82, 2.24) is 15.1 Å². The number of nitrogens with zero attached hydrogens (tertiary/aromatic N) is 2. The molecule has 4 rings (SSSR count). The van der Waals surface area contributed by atoms with Gasteiger partial charge in [0.15, 0.2) is 0 Å². The molecule has 0 bridgehead atoms. The number of thioether (sulfide) groups is 1. The Morgan fingerprint density at radius 1 is 1.25 bits per heavy atom. The number of fused-ring (bicyclic) bond motifs is 1. The molecule has 1 saturated carbocycles. The maximum atomic E-state index is 13.3. The second-order valence-electron chi connectivity index (χ2n) is 8.66. The summed E-state index contributed by atoms with van der Waals surface area (Å²) in [6.07, 6.45) is 7.15. The summed E-state index contributed by atoms with van der Waals surface area (Å²) >= 11 is 7.80. The Morgan fingerprint density at radius 2 is 2.06 bits per heavy atom. The maximum Gasteiger partial charge on any atom is 0.261 e. The number of halogens is 1. The van der Waals surface area contributed by atoms with Gasteiger partial charge in [-0.3, -0.25) is 14.5 Å². The van der Waals surface area contributed by atoms with Crippen molar-refractivity contribution >= 4 is 41.3 Å². The molecule has 6 nitrogen and oxygen atoms in total. The fourth-order valence-corrected chi connectivity index (χ4v) is 6.35. The summed E-state index contributed by atoms with van der Waals surface area (Å²) in [4.78, 5) is 30.9. The van der Waals surface area contributed by atoms with Crippen LogP contribution in [0.3, 0.4) is 0 Å². The van der Waals surface area contributed by atoms with Gasteiger partial charge in [-0.25, -0.2) is 0 Å². The minimum Gasteiger partial charge on any atom is -0.379 e. The van der Waals surface area contributed by atoms with Crippen molar-refractivity contribution < 1.29 is 14.3 Å². The van der Waals surface area contributed by atoms with E-state index in [1.165, 1.54) is 6.42 Å². The average Bonchev–Trinajstić information content (AvgIpc) is 2.80. The molecule has 0 aromatic heterocycles. The van der Waals surface area contributed by atoms with Crippen LogP contribution in [0.25, 0.3) is 6.08 Å². The van der Waals surface area contributed by atoms with Gasteiger partial charge in [-0.2, -0.15) is 0 Å². The molecule has 1 aromatic rings. The van der Waals surface area contributed by atoms with Crippen LogP contribution in [-0.4, -0.2) is 78.8 Å². The minimum atomic E-state index is -0.0707. The van der Waals surface area contributed by atoms with Gasteiger partial charge >= 0.3 is 0 Å². The first kappa shape index (κ1) is 23.6. The van der Waals surface area contributed by atoms with Crippen molar-refractivity contribution in [2.75, 3.05) is 45.9 Å². The predicted octanol–water partition coefficient (Wildman–Crippen LogP) is 3.41. The smallest absolute Gasteiger partial charge is 0.261 e. The Hall–Kier alpha value is -1.54. The van der Waals surface area contributed by atoms with Crippen LogP contribution in [0.2, 0.25) is 5.02 Å². The van der Waals surface area contributed by atoms with Crippen molar-refractivity contribution in [2.24, 2.45) is 0 Å². The minimum absolute atomic E-state index is 0.0402. The molecular weight excluding hydrogens is 446 g/mol. The first-order chi connectivity index (χ1) is 15.6. The van der Waals surface area contributed by atoms with E-state index in [1.54, 1.807) is 11.8 Å². The molecular formula is C24H32ClN3O3S. The normalized spacial score (nSPS) is 25.6. The van der Waals surface area contributed by atoms with Gasteiger partial charge in [-0.1, -0.05) is 36.6 Å². The second-order valence-corrected chi connectivity index (χ2v) is 10.4. The van der Waals surface area contributed by atoms with Crippen LogP contribution in [0.1, 0.15) is 37.7 Å². The van der Waals surface area contributed by atoms with Gasteiger partial charge in [0.1, 0.15) is 6.54 Å². The first-order valence-corrected chi connectivity index (χ1v) is 12.9. The zero-order valence-corrected chi connectivity index (χ0v) is 20.0. The SMILES string of the molecule is O=C(CN1C(=O)/C(=C\c2cccc(Cl)c2)SC2CCCCC21)NCCCN1CCOCC1. The molecule has 174 valence electrons. The highest BCUT2D eigenvalue weighted by molar-refractivity contribution is 8.04. The fourth-order valence-electron chi connectivity index (χ4n) is 4.68. The van der Waals surface area contributed by atoms with Gasteiger partial charge in [0.2, 0.25) is 5.91 Å². The van der Waals surface area contributed by atoms with Crippen molar-refractivity contribution in [3.63, 3.8) is 0 Å². The van der Waals surface area contributed by atoms with Crippen LogP contribution in [0.5, 0.6) is 0 Å². The largest absolute Gasteiger partial charge is 0.379 e. The second kappa shape index (κ2) is 11.5. The number of morpholine rings is 1. The van der Waals surface area contributed by atoms with Crippen LogP contribution in [-0.2, 0) is 14.3 Å². The standard InChI is InChI=1S/C24H32ClN3O3S/c25-19-6-3-5-18(15-19)16-22-24(30)28(20-7-1-2-8-21(20)32-22)17-23(29)26-9-4-10-27-11-13-31-14-12-27/h3,5-6,15-16,20-21H,1-2,4,7-14,17H2,(H,26,29)/b22-16+. The Bertz CT molecular complexity index is 844. The van der Waals surface area contributed by atoms with Crippen LogP contribution in [0.15, 0.2) is 29.2 Å². The van der Waals surface area contributed by atoms with Gasteiger partial charge in [-0.15, -0.1) is 11.8 Å². The summed E-state index contributed by atoms with van der Waals surface area (Å²) in [5, 5.41) is 4.02. The molecule has 2 saturated heterocycles. The number of nitrogens with one attached hydrogen (secondary N) is 1. The van der Waals surface area contributed by atoms with E-state index in [4.69, 9.17) is 16.3 Å². The van der Waals surface area contributed by atoms with Crippen molar-refractivity contribution in [2.45, 2.75) is 43.4 Å². The molecule has 1 N–H and O–H groups in total. The molecule has 32 heavy (non-hydrogen) atoms. The number of hydrogen-bond donors (Lipinski definition) is 1. The topological polar surface area (TPSA) is 61.9 Å². The number of benzene rings is 1. The van der Waals surface area contributed by atoms with Gasteiger partial charge in [0, 0.05) is 35.9 Å². The molecule has 2 amide bonds. The number of carbonyl (C=O) groups excluding carboxylic acids is 2. The number of amides is 2. The van der Waals surface area contributed by atoms with Crippen LogP contribution < -0.4 is 5.32 Å². The van der Waals surface area contributed by atoms with Gasteiger partial charge in [0.05, 0.1) is 18.1 Å². The molecule has 0 radical (unpaired) electrons. The number of rotatable bonds is 7. The number of carbonyl (C=O) groups is 2. The number of ether oxygens (including phenoxy) is 1. The summed E-state index contributed by atoms with van der Waals surface area (Å²) in [5.41, 5.74) is 0.912. The molecule has 8 heteroatoms. The van der Waals surface area contributed by atoms with Crippen LogP contribution in [0.4, 0.5) is 0 Å². The summed E-state index contributed by atoms with van der Waals surface area (Å²) in [6, 6.07) is 7.66. The van der Waals surface area contributed by atoms with Gasteiger partial charge < -0.3 is 15.0 Å². The van der Waals surface area contributed by atoms with Crippen molar-refractivity contribution in [3.05, 3.63) is 39.8 Å². The molecule has 1 aromatic carbocycles. The highest BCUT2D eigenvalue weighted by Crippen LogP contribution is 2.42. The molecule has 2 aliphatic heterocycles. The van der Waals surface area contributed by atoms with E-state index < -0.39 is 0 Å². The Balaban J connectivity index is 1.36. The van der Waals surface area contributed by atoms with E-state index in [-0.39, 0.29) is 24.4 Å². The Kier molecular flexibility index (Phi) is 8.52. The molecule has 2 atom stereocenters. The lowest BCUT2D eigenvalue weighted by Gasteiger charge is -2.43. The lowest BCUT2D eigenvalue weighted by Crippen LogP contribution is -2.54. The molecule has 3 aliphatic rings. The average molecular weight is 478 g/mol. The summed E-state index contributed by atoms with van der Waals surface area (Å²) in [5.74, 6) is -0.111. The van der Waals surface area contributed by atoms with Crippen LogP contribution in [0, 0.1) is 0 Å². The van der Waals surface area contributed by atoms with Crippen molar-refractivity contribution in [3.8, 4) is 0 Å². The molecule has 2 heterocycles. The van der Waals surface area contributed by atoms with E-state index in [9.17, 15) is 9.59 Å². The summed E-state index contributed by atoms with van der Waals surface area (Å²) in [6.45, 7) is 5.21. The third-order valence-electron chi connectivity index (χ3n) is 6.36. The quantitative estimate of drug-likeness (QED) is 0.481. The van der Waals surface area contributed by atoms with E-state index in [0.29, 0.717) is 21.7 Å². The fraction of sp³-hybridized carbons (Fsp3) is 0.583. The zero-order valence-electron chi connectivity index (χ0n) is 18.4. The highest BCUT2D eigenvalue weighted by atomic mass is 35.5. The predicted molar refractivity (Wildman–Crippen MR) is 130 cm³/mol. The Morgan fingerprint density at radius 3 is 2.88 bits per heavy atom. The zero-order chi connectivity index (χ0) is 22.3.